The number of carbonyl (C=O) groups excluding carboxylic acids is 2. The highest BCUT2D eigenvalue weighted by Gasteiger charge is 2.35. The third-order valence-electron chi connectivity index (χ3n) is 8.97. The van der Waals surface area contributed by atoms with E-state index in [0.717, 1.165) is 58.7 Å². The molecule has 0 aromatic heterocycles. The molecule has 0 radical (unpaired) electrons. The highest BCUT2D eigenvalue weighted by Crippen LogP contribution is 2.31. The van der Waals surface area contributed by atoms with Gasteiger partial charge in [0, 0.05) is 19.0 Å². The number of rotatable bonds is 13. The first-order chi connectivity index (χ1) is 23.5. The second kappa shape index (κ2) is 16.5. The predicted molar refractivity (Wildman–Crippen MR) is 197 cm³/mol. The van der Waals surface area contributed by atoms with Gasteiger partial charge in [-0.2, -0.15) is 0 Å². The van der Waals surface area contributed by atoms with E-state index in [4.69, 9.17) is 4.74 Å². The second-order valence-electron chi connectivity index (χ2n) is 12.7. The van der Waals surface area contributed by atoms with Crippen molar-refractivity contribution in [3.8, 4) is 5.75 Å². The normalized spacial score (nSPS) is 14.1. The monoisotopic (exact) mass is 745 g/mol. The number of benzene rings is 4. The van der Waals surface area contributed by atoms with Crippen molar-refractivity contribution in [3.05, 3.63) is 124 Å². The van der Waals surface area contributed by atoms with Crippen LogP contribution in [0, 0.1) is 13.8 Å². The van der Waals surface area contributed by atoms with Crippen molar-refractivity contribution in [2.24, 2.45) is 0 Å². The number of anilines is 1. The lowest BCUT2D eigenvalue weighted by molar-refractivity contribution is -0.140. The molecular weight excluding hydrogens is 702 g/mol. The van der Waals surface area contributed by atoms with Gasteiger partial charge in [0.25, 0.3) is 10.0 Å². The number of aryl methyl sites for hydroxylation is 2. The lowest BCUT2D eigenvalue weighted by atomic mass is 9.94. The summed E-state index contributed by atoms with van der Waals surface area (Å²) in [6.07, 6.45) is 5.31. The molecule has 10 heteroatoms. The Morgan fingerprint density at radius 3 is 2.20 bits per heavy atom. The molecule has 1 atom stereocenters. The molecule has 5 rings (SSSR count). The van der Waals surface area contributed by atoms with E-state index in [1.54, 1.807) is 23.1 Å². The Morgan fingerprint density at radius 2 is 1.55 bits per heavy atom. The minimum atomic E-state index is -4.25. The molecule has 4 aromatic rings. The van der Waals surface area contributed by atoms with E-state index in [2.05, 4.69) is 21.2 Å². The summed E-state index contributed by atoms with van der Waals surface area (Å²) in [7, 11) is -2.75. The molecule has 4 aromatic carbocycles. The predicted octanol–water partition coefficient (Wildman–Crippen LogP) is 7.36. The summed E-state index contributed by atoms with van der Waals surface area (Å²) in [5.41, 5.74) is 4.06. The van der Waals surface area contributed by atoms with E-state index in [-0.39, 0.29) is 29.8 Å². The molecule has 2 amide bonds. The van der Waals surface area contributed by atoms with Gasteiger partial charge in [-0.15, -0.1) is 0 Å². The topological polar surface area (TPSA) is 96.0 Å². The number of halogens is 1. The molecule has 49 heavy (non-hydrogen) atoms. The number of nitrogens with zero attached hydrogens (tertiary/aromatic N) is 2. The van der Waals surface area contributed by atoms with Gasteiger partial charge in [-0.1, -0.05) is 97.1 Å². The summed E-state index contributed by atoms with van der Waals surface area (Å²) in [6.45, 7) is 3.51. The highest BCUT2D eigenvalue weighted by molar-refractivity contribution is 9.10. The van der Waals surface area contributed by atoms with Gasteiger partial charge >= 0.3 is 0 Å². The van der Waals surface area contributed by atoms with Crippen LogP contribution in [0.4, 0.5) is 5.69 Å². The molecule has 0 bridgehead atoms. The molecule has 0 aliphatic heterocycles. The van der Waals surface area contributed by atoms with Crippen LogP contribution >= 0.6 is 15.9 Å². The van der Waals surface area contributed by atoms with Gasteiger partial charge in [0.15, 0.2) is 0 Å². The number of ether oxygens (including phenoxy) is 1. The Kier molecular flexibility index (Phi) is 12.2. The minimum absolute atomic E-state index is 0.00494. The summed E-state index contributed by atoms with van der Waals surface area (Å²) in [6, 6.07) is 28.1. The van der Waals surface area contributed by atoms with Crippen molar-refractivity contribution in [1.82, 2.24) is 10.2 Å². The summed E-state index contributed by atoms with van der Waals surface area (Å²) < 4.78 is 35.7. The van der Waals surface area contributed by atoms with Crippen molar-refractivity contribution >= 4 is 43.5 Å². The second-order valence-corrected chi connectivity index (χ2v) is 15.4. The van der Waals surface area contributed by atoms with Gasteiger partial charge in [0.1, 0.15) is 18.3 Å². The first-order valence-electron chi connectivity index (χ1n) is 16.7. The fourth-order valence-electron chi connectivity index (χ4n) is 6.28. The van der Waals surface area contributed by atoms with Crippen molar-refractivity contribution in [2.75, 3.05) is 18.0 Å². The van der Waals surface area contributed by atoms with Crippen LogP contribution in [0.3, 0.4) is 0 Å². The number of nitrogens with one attached hydrogen (secondary N) is 1. The molecule has 1 aliphatic rings. The van der Waals surface area contributed by atoms with Gasteiger partial charge in [-0.3, -0.25) is 13.9 Å². The molecule has 1 aliphatic carbocycles. The third-order valence-corrected chi connectivity index (χ3v) is 11.4. The quantitative estimate of drug-likeness (QED) is 0.154. The number of hydrogen-bond acceptors (Lipinski definition) is 5. The van der Waals surface area contributed by atoms with Crippen LogP contribution in [0.2, 0.25) is 0 Å². The molecule has 1 fully saturated rings. The Hall–Kier alpha value is -4.15. The summed E-state index contributed by atoms with van der Waals surface area (Å²) in [5.74, 6) is -0.243. The molecular formula is C39H44BrN3O5S. The average Bonchev–Trinajstić information content (AvgIpc) is 3.10. The smallest absolute Gasteiger partial charge is 0.264 e. The number of carbonyl (C=O) groups is 2. The largest absolute Gasteiger partial charge is 0.496 e. The Balaban J connectivity index is 1.57. The van der Waals surface area contributed by atoms with Crippen LogP contribution in [-0.2, 0) is 32.6 Å². The Morgan fingerprint density at radius 1 is 0.857 bits per heavy atom. The van der Waals surface area contributed by atoms with Gasteiger partial charge in [-0.25, -0.2) is 8.42 Å². The SMILES string of the molecule is COc1ccc(S(=O)(=O)N(CC(=O)N(Cc2cccc(C)c2)[C@H](Cc2ccccc2)C(=O)NC2CCCCC2)c2ccc(C)cc2)cc1Br. The summed E-state index contributed by atoms with van der Waals surface area (Å²) >= 11 is 3.41. The molecule has 1 saturated carbocycles. The fraction of sp³-hybridized carbons (Fsp3) is 0.333. The minimum Gasteiger partial charge on any atom is -0.496 e. The van der Waals surface area contributed by atoms with Crippen LogP contribution in [0.1, 0.15) is 54.4 Å². The maximum Gasteiger partial charge on any atom is 0.264 e. The van der Waals surface area contributed by atoms with Gasteiger partial charge in [0.05, 0.1) is 22.2 Å². The fourth-order valence-corrected chi connectivity index (χ4v) is 8.41. The van der Waals surface area contributed by atoms with E-state index in [9.17, 15) is 18.0 Å². The molecule has 0 heterocycles. The molecule has 8 nitrogen and oxygen atoms in total. The lowest BCUT2D eigenvalue weighted by Gasteiger charge is -2.35. The Bertz CT molecular complexity index is 1840. The molecule has 0 unspecified atom stereocenters. The standard InChI is InChI=1S/C39H44BrN3O5S/c1-28-17-19-33(20-18-28)43(49(46,47)34-21-22-37(48-3)35(40)25-34)27-38(44)42(26-31-14-10-11-29(2)23-31)36(24-30-12-6-4-7-13-30)39(45)41-32-15-8-5-9-16-32/h4,6-7,10-14,17-23,25,32,36H,5,8-9,15-16,24,26-27H2,1-3H3,(H,41,45)/t36-/m1/s1. The molecule has 1 N–H and O–H groups in total. The average molecular weight is 747 g/mol. The highest BCUT2D eigenvalue weighted by atomic mass is 79.9. The molecule has 0 spiro atoms. The van der Waals surface area contributed by atoms with Crippen LogP contribution < -0.4 is 14.4 Å². The van der Waals surface area contributed by atoms with E-state index in [1.807, 2.05) is 80.6 Å². The van der Waals surface area contributed by atoms with E-state index in [1.165, 1.54) is 19.2 Å². The number of hydrogen-bond donors (Lipinski definition) is 1. The summed E-state index contributed by atoms with van der Waals surface area (Å²) in [5, 5.41) is 3.25. The Labute approximate surface area is 298 Å². The van der Waals surface area contributed by atoms with Crippen molar-refractivity contribution in [3.63, 3.8) is 0 Å². The van der Waals surface area contributed by atoms with Crippen LogP contribution in [0.15, 0.2) is 106 Å². The van der Waals surface area contributed by atoms with Gasteiger partial charge < -0.3 is 15.0 Å². The maximum absolute atomic E-state index is 14.8. The van der Waals surface area contributed by atoms with Crippen molar-refractivity contribution < 1.29 is 22.7 Å². The summed E-state index contributed by atoms with van der Waals surface area (Å²) in [4.78, 5) is 30.6. The zero-order chi connectivity index (χ0) is 35.0. The third kappa shape index (κ3) is 9.30. The molecule has 0 saturated heterocycles. The zero-order valence-electron chi connectivity index (χ0n) is 28.3. The van der Waals surface area contributed by atoms with Crippen LogP contribution in [0.25, 0.3) is 0 Å². The van der Waals surface area contributed by atoms with E-state index in [0.29, 0.717) is 15.9 Å². The number of methoxy groups -OCH3 is 1. The lowest BCUT2D eigenvalue weighted by Crippen LogP contribution is -2.55. The number of sulfonamides is 1. The van der Waals surface area contributed by atoms with Gasteiger partial charge in [-0.05, 0) is 84.1 Å². The first-order valence-corrected chi connectivity index (χ1v) is 18.9. The van der Waals surface area contributed by atoms with E-state index < -0.39 is 28.5 Å². The van der Waals surface area contributed by atoms with Crippen LogP contribution in [-0.4, -0.2) is 50.9 Å². The first kappa shape index (κ1) is 36.1. The van der Waals surface area contributed by atoms with Crippen LogP contribution in [0.5, 0.6) is 5.75 Å². The van der Waals surface area contributed by atoms with Crippen molar-refractivity contribution in [1.29, 1.82) is 0 Å². The molecule has 258 valence electrons. The zero-order valence-corrected chi connectivity index (χ0v) is 30.7. The number of amides is 2. The maximum atomic E-state index is 14.8. The van der Waals surface area contributed by atoms with Gasteiger partial charge in [0.2, 0.25) is 11.8 Å². The van der Waals surface area contributed by atoms with E-state index >= 15 is 0 Å². The van der Waals surface area contributed by atoms with Crippen molar-refractivity contribution in [2.45, 2.75) is 75.9 Å².